The van der Waals surface area contributed by atoms with Gasteiger partial charge in [0.15, 0.2) is 0 Å². The van der Waals surface area contributed by atoms with E-state index in [1.807, 2.05) is 0 Å². The van der Waals surface area contributed by atoms with Gasteiger partial charge in [-0.2, -0.15) is 9.78 Å². The van der Waals surface area contributed by atoms with E-state index < -0.39 is 5.97 Å². The highest BCUT2D eigenvalue weighted by molar-refractivity contribution is 9.10. The highest BCUT2D eigenvalue weighted by Gasteiger charge is 2.51. The molecule has 1 aromatic heterocycles. The van der Waals surface area contributed by atoms with Gasteiger partial charge in [-0.1, -0.05) is 20.8 Å². The molecule has 0 unspecified atom stereocenters. The molecule has 4 atom stereocenters. The van der Waals surface area contributed by atoms with Crippen molar-refractivity contribution in [1.82, 2.24) is 9.78 Å². The smallest absolute Gasteiger partial charge is 0.335 e. The van der Waals surface area contributed by atoms with Crippen molar-refractivity contribution in [2.45, 2.75) is 46.1 Å². The lowest BCUT2D eigenvalue weighted by Crippen LogP contribution is -2.45. The quantitative estimate of drug-likeness (QED) is 0.699. The van der Waals surface area contributed by atoms with Gasteiger partial charge in [0.1, 0.15) is 4.47 Å². The molecule has 4 rings (SSSR count). The number of benzene rings is 1. The van der Waals surface area contributed by atoms with Gasteiger partial charge in [0, 0.05) is 6.04 Å². The van der Waals surface area contributed by atoms with Crippen molar-refractivity contribution in [3.63, 3.8) is 0 Å². The zero-order valence-electron chi connectivity index (χ0n) is 16.9. The van der Waals surface area contributed by atoms with E-state index in [1.165, 1.54) is 29.7 Å². The fraction of sp³-hybridized carbons (Fsp3) is 0.500. The lowest BCUT2D eigenvalue weighted by Gasteiger charge is -2.46. The number of hydrogen-bond donors (Lipinski definition) is 2. The van der Waals surface area contributed by atoms with E-state index in [9.17, 15) is 9.59 Å². The summed E-state index contributed by atoms with van der Waals surface area (Å²) in [4.78, 5) is 23.9. The van der Waals surface area contributed by atoms with Gasteiger partial charge in [0.05, 0.1) is 23.1 Å². The average molecular weight is 460 g/mol. The van der Waals surface area contributed by atoms with Gasteiger partial charge in [-0.25, -0.2) is 4.79 Å². The molecule has 2 aliphatic rings. The summed E-state index contributed by atoms with van der Waals surface area (Å²) in [5.74, 6) is 0.928. The second kappa shape index (κ2) is 7.27. The lowest BCUT2D eigenvalue weighted by atomic mass is 9.62. The van der Waals surface area contributed by atoms with Gasteiger partial charge in [0.25, 0.3) is 5.56 Å². The van der Waals surface area contributed by atoms with Crippen molar-refractivity contribution in [2.24, 2.45) is 23.2 Å². The number of hydrogen-bond acceptors (Lipinski definition) is 4. The first-order chi connectivity index (χ1) is 13.7. The van der Waals surface area contributed by atoms with E-state index >= 15 is 0 Å². The van der Waals surface area contributed by atoms with E-state index in [-0.39, 0.29) is 11.1 Å². The number of rotatable bonds is 4. The number of fused-ring (bicyclic) bond motifs is 2. The third kappa shape index (κ3) is 3.39. The van der Waals surface area contributed by atoms with Crippen LogP contribution >= 0.6 is 15.9 Å². The third-order valence-corrected chi connectivity index (χ3v) is 8.03. The van der Waals surface area contributed by atoms with E-state index in [4.69, 9.17) is 5.11 Å². The number of aromatic carboxylic acids is 1. The molecule has 0 radical (unpaired) electrons. The molecule has 29 heavy (non-hydrogen) atoms. The van der Waals surface area contributed by atoms with Crippen LogP contribution in [0.4, 0.5) is 5.69 Å². The maximum absolute atomic E-state index is 12.9. The number of nitrogens with one attached hydrogen (secondary N) is 1. The molecule has 2 bridgehead atoms. The van der Waals surface area contributed by atoms with E-state index in [0.29, 0.717) is 45.1 Å². The summed E-state index contributed by atoms with van der Waals surface area (Å²) in [6, 6.07) is 6.42. The number of carboxylic acids is 1. The van der Waals surface area contributed by atoms with Crippen LogP contribution in [0.5, 0.6) is 0 Å². The summed E-state index contributed by atoms with van der Waals surface area (Å²) in [5.41, 5.74) is 1.52. The molecular weight excluding hydrogens is 434 g/mol. The molecule has 0 saturated heterocycles. The number of aromatic nitrogens is 2. The average Bonchev–Trinajstić information content (AvgIpc) is 2.86. The fourth-order valence-electron chi connectivity index (χ4n) is 5.44. The van der Waals surface area contributed by atoms with Gasteiger partial charge in [-0.3, -0.25) is 4.79 Å². The van der Waals surface area contributed by atoms with Crippen LogP contribution in [-0.2, 0) is 0 Å². The first-order valence-electron chi connectivity index (χ1n) is 10.1. The Kier molecular flexibility index (Phi) is 5.05. The molecule has 2 aliphatic carbocycles. The van der Waals surface area contributed by atoms with E-state index in [0.717, 1.165) is 6.42 Å². The van der Waals surface area contributed by atoms with Gasteiger partial charge in [0.2, 0.25) is 0 Å². The van der Waals surface area contributed by atoms with Crippen LogP contribution in [0.1, 0.15) is 50.4 Å². The number of carboxylic acid groups (broad SMARTS) is 1. The normalized spacial score (nSPS) is 27.6. The molecular formula is C22H26BrN3O3. The minimum atomic E-state index is -1.00. The zero-order chi connectivity index (χ0) is 20.9. The van der Waals surface area contributed by atoms with Crippen LogP contribution in [0, 0.1) is 23.2 Å². The number of nitrogens with zero attached hydrogens (tertiary/aromatic N) is 2. The van der Waals surface area contributed by atoms with Crippen molar-refractivity contribution >= 4 is 27.6 Å². The van der Waals surface area contributed by atoms with E-state index in [1.54, 1.807) is 18.3 Å². The number of anilines is 1. The Morgan fingerprint density at radius 1 is 1.28 bits per heavy atom. The molecule has 0 amide bonds. The monoisotopic (exact) mass is 459 g/mol. The summed E-state index contributed by atoms with van der Waals surface area (Å²) in [6.45, 7) is 7.12. The molecule has 7 heteroatoms. The third-order valence-electron chi connectivity index (χ3n) is 7.26. The van der Waals surface area contributed by atoms with Crippen molar-refractivity contribution in [2.75, 3.05) is 5.32 Å². The lowest BCUT2D eigenvalue weighted by molar-refractivity contribution is 0.0691. The molecule has 2 N–H and O–H groups in total. The predicted octanol–water partition coefficient (Wildman–Crippen LogP) is 4.57. The van der Waals surface area contributed by atoms with Gasteiger partial charge < -0.3 is 10.4 Å². The van der Waals surface area contributed by atoms with Crippen molar-refractivity contribution < 1.29 is 9.90 Å². The molecule has 1 aromatic carbocycles. The van der Waals surface area contributed by atoms with Crippen LogP contribution in [0.15, 0.2) is 39.7 Å². The van der Waals surface area contributed by atoms with Gasteiger partial charge in [-0.15, -0.1) is 0 Å². The largest absolute Gasteiger partial charge is 0.478 e. The van der Waals surface area contributed by atoms with Crippen LogP contribution in [0.2, 0.25) is 0 Å². The van der Waals surface area contributed by atoms with Crippen LogP contribution in [0.3, 0.4) is 0 Å². The Hall–Kier alpha value is -2.15. The Labute approximate surface area is 178 Å². The van der Waals surface area contributed by atoms with E-state index in [2.05, 4.69) is 47.1 Å². The van der Waals surface area contributed by atoms with Crippen LogP contribution < -0.4 is 10.9 Å². The van der Waals surface area contributed by atoms with Gasteiger partial charge in [-0.05, 0) is 82.6 Å². The summed E-state index contributed by atoms with van der Waals surface area (Å²) in [6.07, 6.45) is 5.35. The fourth-order valence-corrected chi connectivity index (χ4v) is 5.83. The maximum Gasteiger partial charge on any atom is 0.335 e. The zero-order valence-corrected chi connectivity index (χ0v) is 18.4. The minimum absolute atomic E-state index is 0.169. The topological polar surface area (TPSA) is 84.2 Å². The summed E-state index contributed by atoms with van der Waals surface area (Å²) in [5, 5.41) is 16.9. The molecule has 2 aromatic rings. The standard InChI is InChI=1S/C22H26BrN3O3/c1-12-16-9-6-14(22(16,2)3)10-17(12)25-18-11-24-26(20(27)19(18)23)15-7-4-13(5-8-15)21(28)29/h4-5,7-8,11-12,14,16-17,25H,6,9-10H2,1-3H3,(H,28,29)/t12-,14+,16-,17-/m1/s1. The summed E-state index contributed by atoms with van der Waals surface area (Å²) in [7, 11) is 0. The molecule has 2 fully saturated rings. The predicted molar refractivity (Wildman–Crippen MR) is 116 cm³/mol. The molecule has 6 nitrogen and oxygen atoms in total. The van der Waals surface area contributed by atoms with Crippen molar-refractivity contribution in [1.29, 1.82) is 0 Å². The maximum atomic E-state index is 12.9. The van der Waals surface area contributed by atoms with Crippen molar-refractivity contribution in [3.05, 3.63) is 50.9 Å². The Balaban J connectivity index is 1.58. The van der Waals surface area contributed by atoms with Crippen LogP contribution in [-0.4, -0.2) is 26.9 Å². The van der Waals surface area contributed by atoms with Crippen LogP contribution in [0.25, 0.3) is 5.69 Å². The first-order valence-corrected chi connectivity index (χ1v) is 10.9. The van der Waals surface area contributed by atoms with Crippen molar-refractivity contribution in [3.8, 4) is 5.69 Å². The SMILES string of the molecule is C[C@@H]1[C@H]2CC[C@@H](C[C@H]1Nc1cnn(-c3ccc(C(=O)O)cc3)c(=O)c1Br)C2(C)C. The Bertz CT molecular complexity index is 999. The molecule has 1 heterocycles. The molecule has 154 valence electrons. The molecule has 2 saturated carbocycles. The second-order valence-electron chi connectivity index (χ2n) is 8.99. The highest BCUT2D eigenvalue weighted by atomic mass is 79.9. The van der Waals surface area contributed by atoms with Gasteiger partial charge >= 0.3 is 5.97 Å². The Morgan fingerprint density at radius 3 is 2.62 bits per heavy atom. The first kappa shape index (κ1) is 20.1. The number of carbonyl (C=O) groups is 1. The Morgan fingerprint density at radius 2 is 1.97 bits per heavy atom. The minimum Gasteiger partial charge on any atom is -0.478 e. The molecule has 0 aliphatic heterocycles. The molecule has 0 spiro atoms. The second-order valence-corrected chi connectivity index (χ2v) is 9.78. The number of halogens is 1. The summed E-state index contributed by atoms with van der Waals surface area (Å²) < 4.78 is 1.72. The summed E-state index contributed by atoms with van der Waals surface area (Å²) >= 11 is 3.45. The highest BCUT2D eigenvalue weighted by Crippen LogP contribution is 2.57.